The minimum absolute atomic E-state index is 0.748. The van der Waals surface area contributed by atoms with E-state index in [2.05, 4.69) is 31.2 Å². The van der Waals surface area contributed by atoms with Gasteiger partial charge in [0.2, 0.25) is 0 Å². The Morgan fingerprint density at radius 3 is 2.67 bits per heavy atom. The SMILES string of the molecule is Brc1cccnc1NCc1ccncc1. The van der Waals surface area contributed by atoms with Crippen molar-refractivity contribution in [1.29, 1.82) is 0 Å². The number of hydrogen-bond acceptors (Lipinski definition) is 3. The van der Waals surface area contributed by atoms with Crippen molar-refractivity contribution in [3.05, 3.63) is 52.9 Å². The summed E-state index contributed by atoms with van der Waals surface area (Å²) in [6.45, 7) is 0.748. The van der Waals surface area contributed by atoms with Crippen LogP contribution in [0.15, 0.2) is 47.3 Å². The molecule has 15 heavy (non-hydrogen) atoms. The molecular weight excluding hydrogens is 254 g/mol. The van der Waals surface area contributed by atoms with Crippen LogP contribution in [0, 0.1) is 0 Å². The highest BCUT2D eigenvalue weighted by atomic mass is 79.9. The van der Waals surface area contributed by atoms with Gasteiger partial charge >= 0.3 is 0 Å². The predicted octanol–water partition coefficient (Wildman–Crippen LogP) is 2.85. The average molecular weight is 264 g/mol. The molecule has 0 fully saturated rings. The average Bonchev–Trinajstić information content (AvgIpc) is 2.29. The van der Waals surface area contributed by atoms with Crippen LogP contribution < -0.4 is 5.32 Å². The van der Waals surface area contributed by atoms with Gasteiger partial charge < -0.3 is 5.32 Å². The molecule has 0 amide bonds. The fourth-order valence-corrected chi connectivity index (χ4v) is 1.60. The lowest BCUT2D eigenvalue weighted by Gasteiger charge is -2.06. The molecule has 0 atom stereocenters. The molecule has 0 aliphatic rings. The quantitative estimate of drug-likeness (QED) is 0.926. The molecule has 2 aromatic rings. The third kappa shape index (κ3) is 2.76. The normalized spacial score (nSPS) is 9.93. The van der Waals surface area contributed by atoms with Crippen LogP contribution in [0.25, 0.3) is 0 Å². The summed E-state index contributed by atoms with van der Waals surface area (Å²) in [5, 5.41) is 3.24. The lowest BCUT2D eigenvalue weighted by molar-refractivity contribution is 1.09. The fourth-order valence-electron chi connectivity index (χ4n) is 1.20. The number of rotatable bonds is 3. The zero-order valence-electron chi connectivity index (χ0n) is 8.02. The highest BCUT2D eigenvalue weighted by Gasteiger charge is 1.98. The maximum Gasteiger partial charge on any atom is 0.140 e. The van der Waals surface area contributed by atoms with Gasteiger partial charge in [0.25, 0.3) is 0 Å². The van der Waals surface area contributed by atoms with Crippen LogP contribution in [-0.2, 0) is 6.54 Å². The Balaban J connectivity index is 2.03. The van der Waals surface area contributed by atoms with Crippen LogP contribution in [0.5, 0.6) is 0 Å². The van der Waals surface area contributed by atoms with Crippen LogP contribution in [0.1, 0.15) is 5.56 Å². The lowest BCUT2D eigenvalue weighted by atomic mass is 10.3. The van der Waals surface area contributed by atoms with E-state index in [-0.39, 0.29) is 0 Å². The van der Waals surface area contributed by atoms with Crippen LogP contribution in [0.3, 0.4) is 0 Å². The molecule has 0 aliphatic heterocycles. The summed E-state index contributed by atoms with van der Waals surface area (Å²) in [4.78, 5) is 8.18. The van der Waals surface area contributed by atoms with Crippen molar-refractivity contribution in [2.75, 3.05) is 5.32 Å². The lowest BCUT2D eigenvalue weighted by Crippen LogP contribution is -2.01. The maximum atomic E-state index is 4.22. The molecule has 0 unspecified atom stereocenters. The first-order valence-corrected chi connectivity index (χ1v) is 5.39. The van der Waals surface area contributed by atoms with Crippen molar-refractivity contribution in [3.63, 3.8) is 0 Å². The number of pyridine rings is 2. The van der Waals surface area contributed by atoms with Gasteiger partial charge in [-0.05, 0) is 45.8 Å². The number of aromatic nitrogens is 2. The highest BCUT2D eigenvalue weighted by molar-refractivity contribution is 9.10. The van der Waals surface area contributed by atoms with Crippen LogP contribution in [0.4, 0.5) is 5.82 Å². The summed E-state index contributed by atoms with van der Waals surface area (Å²) >= 11 is 3.43. The van der Waals surface area contributed by atoms with Crippen LogP contribution in [0.2, 0.25) is 0 Å². The van der Waals surface area contributed by atoms with Crippen molar-refractivity contribution < 1.29 is 0 Å². The standard InChI is InChI=1S/C11H10BrN3/c12-10-2-1-5-14-11(10)15-8-9-3-6-13-7-4-9/h1-7H,8H2,(H,14,15). The third-order valence-electron chi connectivity index (χ3n) is 1.97. The Morgan fingerprint density at radius 1 is 1.13 bits per heavy atom. The molecule has 76 valence electrons. The molecular formula is C11H10BrN3. The number of anilines is 1. The highest BCUT2D eigenvalue weighted by Crippen LogP contribution is 2.18. The third-order valence-corrected chi connectivity index (χ3v) is 2.61. The zero-order valence-corrected chi connectivity index (χ0v) is 9.61. The second-order valence-corrected chi connectivity index (χ2v) is 3.90. The van der Waals surface area contributed by atoms with Gasteiger partial charge in [0.15, 0.2) is 0 Å². The van der Waals surface area contributed by atoms with Crippen molar-refractivity contribution in [3.8, 4) is 0 Å². The van der Waals surface area contributed by atoms with E-state index in [0.29, 0.717) is 0 Å². The molecule has 0 aliphatic carbocycles. The molecule has 0 aromatic carbocycles. The minimum Gasteiger partial charge on any atom is -0.365 e. The van der Waals surface area contributed by atoms with E-state index in [4.69, 9.17) is 0 Å². The van der Waals surface area contributed by atoms with Crippen molar-refractivity contribution >= 4 is 21.7 Å². The number of hydrogen-bond donors (Lipinski definition) is 1. The van der Waals surface area contributed by atoms with Crippen LogP contribution in [-0.4, -0.2) is 9.97 Å². The molecule has 0 bridgehead atoms. The van der Waals surface area contributed by atoms with Crippen molar-refractivity contribution in [2.45, 2.75) is 6.54 Å². The first-order valence-electron chi connectivity index (χ1n) is 4.59. The maximum absolute atomic E-state index is 4.22. The van der Waals surface area contributed by atoms with E-state index < -0.39 is 0 Å². The second-order valence-electron chi connectivity index (χ2n) is 3.04. The van der Waals surface area contributed by atoms with E-state index >= 15 is 0 Å². The van der Waals surface area contributed by atoms with Crippen molar-refractivity contribution in [2.24, 2.45) is 0 Å². The Labute approximate surface area is 96.7 Å². The summed E-state index contributed by atoms with van der Waals surface area (Å²) in [6, 6.07) is 7.80. The van der Waals surface area contributed by atoms with E-state index in [1.807, 2.05) is 24.3 Å². The monoisotopic (exact) mass is 263 g/mol. The first kappa shape index (κ1) is 10.1. The number of nitrogens with zero attached hydrogens (tertiary/aromatic N) is 2. The van der Waals surface area contributed by atoms with Crippen LogP contribution >= 0.6 is 15.9 Å². The minimum atomic E-state index is 0.748. The number of halogens is 1. The van der Waals surface area contributed by atoms with Gasteiger partial charge in [-0.2, -0.15) is 0 Å². The Hall–Kier alpha value is -1.42. The van der Waals surface area contributed by atoms with Gasteiger partial charge in [-0.15, -0.1) is 0 Å². The molecule has 2 rings (SSSR count). The molecule has 0 saturated heterocycles. The van der Waals surface area contributed by atoms with Crippen molar-refractivity contribution in [1.82, 2.24) is 9.97 Å². The summed E-state index contributed by atoms with van der Waals surface area (Å²) < 4.78 is 0.971. The summed E-state index contributed by atoms with van der Waals surface area (Å²) in [6.07, 6.45) is 5.33. The zero-order chi connectivity index (χ0) is 10.5. The predicted molar refractivity (Wildman–Crippen MR) is 63.5 cm³/mol. The molecule has 4 heteroatoms. The molecule has 0 spiro atoms. The summed E-state index contributed by atoms with van der Waals surface area (Å²) in [7, 11) is 0. The van der Waals surface area contributed by atoms with Gasteiger partial charge in [-0.1, -0.05) is 0 Å². The Kier molecular flexibility index (Phi) is 3.29. The van der Waals surface area contributed by atoms with E-state index in [0.717, 1.165) is 16.8 Å². The molecule has 2 aromatic heterocycles. The summed E-state index contributed by atoms with van der Waals surface area (Å²) in [5.41, 5.74) is 1.18. The summed E-state index contributed by atoms with van der Waals surface area (Å²) in [5.74, 6) is 0.856. The second kappa shape index (κ2) is 4.89. The Bertz CT molecular complexity index is 431. The van der Waals surface area contributed by atoms with E-state index in [9.17, 15) is 0 Å². The van der Waals surface area contributed by atoms with Gasteiger partial charge in [0.1, 0.15) is 5.82 Å². The van der Waals surface area contributed by atoms with Gasteiger partial charge in [0, 0.05) is 25.1 Å². The molecule has 0 radical (unpaired) electrons. The largest absolute Gasteiger partial charge is 0.365 e. The topological polar surface area (TPSA) is 37.8 Å². The van der Waals surface area contributed by atoms with E-state index in [1.54, 1.807) is 18.6 Å². The van der Waals surface area contributed by atoms with E-state index in [1.165, 1.54) is 5.56 Å². The van der Waals surface area contributed by atoms with Gasteiger partial charge in [-0.3, -0.25) is 4.98 Å². The molecule has 0 saturated carbocycles. The molecule has 1 N–H and O–H groups in total. The fraction of sp³-hybridized carbons (Fsp3) is 0.0909. The van der Waals surface area contributed by atoms with Gasteiger partial charge in [0.05, 0.1) is 4.47 Å². The smallest absolute Gasteiger partial charge is 0.140 e. The van der Waals surface area contributed by atoms with Gasteiger partial charge in [-0.25, -0.2) is 4.98 Å². The molecule has 3 nitrogen and oxygen atoms in total. The number of nitrogens with one attached hydrogen (secondary N) is 1. The molecule has 2 heterocycles. The first-order chi connectivity index (χ1) is 7.36. The Morgan fingerprint density at radius 2 is 1.93 bits per heavy atom.